The van der Waals surface area contributed by atoms with Gasteiger partial charge in [0.2, 0.25) is 5.91 Å². The van der Waals surface area contributed by atoms with Gasteiger partial charge >= 0.3 is 7.60 Å². The maximum Gasteiger partial charge on any atom is 0.356 e. The smallest absolute Gasteiger partial charge is 0.356 e. The predicted octanol–water partition coefficient (Wildman–Crippen LogP) is 11.5. The van der Waals surface area contributed by atoms with Crippen LogP contribution in [0.4, 0.5) is 10.1 Å². The third-order valence-corrected chi connectivity index (χ3v) is 22.0. The molecule has 7 nitrogen and oxygen atoms in total. The molecular formula is C44H59FNO6PSi2. The summed E-state index contributed by atoms with van der Waals surface area (Å²) in [6.45, 7) is 26.1. The standard InChI is InChI=1S/C44H59FNO6PSi2/c1-29-27-37(32-17-16-20-35(28-32)53(48,49)50)30(2)41(52-55(11,12)44(6,7)8)39(29)40-36(42(47)46(40)34-18-14-13-15-19-34)25-26-38(31-21-23-33(45)24-22-31)51-54(9,10)43(3,4)5/h13-24,27-28,36,38,40H,25-26H2,1-12H3,(H2,48,49,50)/t36-,38+,40+/m1/s1. The van der Waals surface area contributed by atoms with Crippen molar-refractivity contribution in [1.82, 2.24) is 0 Å². The topological polar surface area (TPSA) is 96.3 Å². The summed E-state index contributed by atoms with van der Waals surface area (Å²) in [5.41, 5.74) is 5.91. The van der Waals surface area contributed by atoms with E-state index >= 15 is 0 Å². The van der Waals surface area contributed by atoms with Crippen LogP contribution in [0.1, 0.15) is 88.8 Å². The Balaban J connectivity index is 1.67. The Morgan fingerprint density at radius 2 is 1.44 bits per heavy atom. The minimum absolute atomic E-state index is 0.0233. The van der Waals surface area contributed by atoms with E-state index in [-0.39, 0.29) is 39.3 Å². The number of aryl methyl sites for hydroxylation is 1. The SMILES string of the molecule is Cc1cc(-c2cccc(P(=O)(O)O)c2)c(C)c(O[Si](C)(C)C(C)(C)C)c1[C@@H]1[C@@H](CC[C@H](O[Si](C)(C)C(C)(C)C)c2ccc(F)cc2)C(=O)N1c1ccccc1. The molecule has 3 atom stereocenters. The molecule has 0 radical (unpaired) electrons. The first-order chi connectivity index (χ1) is 25.3. The number of β-lactam (4-membered cyclic amide) rings is 1. The van der Waals surface area contributed by atoms with Gasteiger partial charge in [-0.3, -0.25) is 9.36 Å². The number of hydrogen-bond donors (Lipinski definition) is 2. The molecule has 1 heterocycles. The van der Waals surface area contributed by atoms with Crippen molar-refractivity contribution in [3.05, 3.63) is 113 Å². The number of carbonyl (C=O) groups excluding carboxylic acids is 1. The van der Waals surface area contributed by atoms with Crippen molar-refractivity contribution < 1.29 is 32.4 Å². The molecular weight excluding hydrogens is 745 g/mol. The molecule has 1 amide bonds. The second-order valence-electron chi connectivity index (χ2n) is 18.2. The largest absolute Gasteiger partial charge is 0.543 e. The van der Waals surface area contributed by atoms with Crippen LogP contribution in [0.15, 0.2) is 84.9 Å². The van der Waals surface area contributed by atoms with Crippen LogP contribution in [-0.4, -0.2) is 32.3 Å². The Morgan fingerprint density at radius 1 is 0.836 bits per heavy atom. The van der Waals surface area contributed by atoms with E-state index < -0.39 is 30.1 Å². The van der Waals surface area contributed by atoms with Gasteiger partial charge in [-0.1, -0.05) is 90.1 Å². The zero-order chi connectivity index (χ0) is 40.9. The first kappa shape index (κ1) is 42.8. The molecule has 4 aromatic carbocycles. The van der Waals surface area contributed by atoms with Crippen LogP contribution in [0.25, 0.3) is 11.1 Å². The molecule has 5 rings (SSSR count). The van der Waals surface area contributed by atoms with Crippen molar-refractivity contribution >= 4 is 41.1 Å². The minimum Gasteiger partial charge on any atom is -0.543 e. The van der Waals surface area contributed by atoms with Crippen molar-refractivity contribution in [3.63, 3.8) is 0 Å². The van der Waals surface area contributed by atoms with Gasteiger partial charge in [-0.15, -0.1) is 0 Å². The summed E-state index contributed by atoms with van der Waals surface area (Å²) in [4.78, 5) is 36.5. The third-order valence-electron chi connectivity index (χ3n) is 12.2. The molecule has 2 N–H and O–H groups in total. The van der Waals surface area contributed by atoms with Gasteiger partial charge < -0.3 is 23.5 Å². The number of carbonyl (C=O) groups is 1. The molecule has 4 aromatic rings. The lowest BCUT2D eigenvalue weighted by molar-refractivity contribution is -0.131. The van der Waals surface area contributed by atoms with Crippen LogP contribution < -0.4 is 14.6 Å². The summed E-state index contributed by atoms with van der Waals surface area (Å²) in [7, 11) is -9.24. The van der Waals surface area contributed by atoms with E-state index in [1.54, 1.807) is 24.3 Å². The molecule has 0 unspecified atom stereocenters. The number of amides is 1. The van der Waals surface area contributed by atoms with Crippen LogP contribution in [0, 0.1) is 25.6 Å². The first-order valence-corrected chi connectivity index (χ1v) is 26.6. The van der Waals surface area contributed by atoms with Crippen LogP contribution in [0.3, 0.4) is 0 Å². The average Bonchev–Trinajstić information content (AvgIpc) is 3.08. The highest BCUT2D eigenvalue weighted by Gasteiger charge is 2.52. The van der Waals surface area contributed by atoms with Gasteiger partial charge in [0.25, 0.3) is 8.32 Å². The molecule has 1 aliphatic rings. The molecule has 11 heteroatoms. The molecule has 1 aliphatic heterocycles. The van der Waals surface area contributed by atoms with Gasteiger partial charge in [0.15, 0.2) is 8.32 Å². The fourth-order valence-corrected chi connectivity index (χ4v) is 9.82. The summed E-state index contributed by atoms with van der Waals surface area (Å²) in [6.07, 6.45) is 0.778. The molecule has 1 saturated heterocycles. The van der Waals surface area contributed by atoms with Crippen molar-refractivity contribution in [3.8, 4) is 16.9 Å². The highest BCUT2D eigenvalue weighted by molar-refractivity contribution is 7.60. The Morgan fingerprint density at radius 3 is 2.00 bits per heavy atom. The summed E-state index contributed by atoms with van der Waals surface area (Å²) >= 11 is 0. The summed E-state index contributed by atoms with van der Waals surface area (Å²) in [5, 5.41) is -0.242. The zero-order valence-electron chi connectivity index (χ0n) is 34.5. The van der Waals surface area contributed by atoms with Gasteiger partial charge in [-0.2, -0.15) is 0 Å². The van der Waals surface area contributed by atoms with Gasteiger partial charge in [0.1, 0.15) is 11.6 Å². The monoisotopic (exact) mass is 803 g/mol. The van der Waals surface area contributed by atoms with E-state index in [2.05, 4.69) is 73.8 Å². The van der Waals surface area contributed by atoms with Gasteiger partial charge in [0.05, 0.1) is 23.4 Å². The molecule has 1 fully saturated rings. The summed E-state index contributed by atoms with van der Waals surface area (Å²) < 4.78 is 40.8. The van der Waals surface area contributed by atoms with E-state index in [1.807, 2.05) is 55.1 Å². The molecule has 296 valence electrons. The van der Waals surface area contributed by atoms with Crippen LogP contribution in [0.5, 0.6) is 5.75 Å². The van der Waals surface area contributed by atoms with Crippen LogP contribution in [0.2, 0.25) is 36.3 Å². The normalized spacial score (nSPS) is 17.6. The van der Waals surface area contributed by atoms with E-state index in [1.165, 1.54) is 18.2 Å². The Hall–Kier alpha value is -3.38. The number of benzene rings is 4. The number of rotatable bonds is 12. The highest BCUT2D eigenvalue weighted by atomic mass is 31.2. The summed E-state index contributed by atoms with van der Waals surface area (Å²) in [5.74, 6) is 0.0452. The quantitative estimate of drug-likeness (QED) is 0.0841. The Bertz CT molecular complexity index is 2070. The molecule has 0 bridgehead atoms. The van der Waals surface area contributed by atoms with Gasteiger partial charge in [0, 0.05) is 11.3 Å². The average molecular weight is 804 g/mol. The number of nitrogens with zero attached hydrogens (tertiary/aromatic N) is 1. The lowest BCUT2D eigenvalue weighted by Crippen LogP contribution is -2.56. The molecule has 55 heavy (non-hydrogen) atoms. The lowest BCUT2D eigenvalue weighted by atomic mass is 9.75. The maximum atomic E-state index is 14.5. The van der Waals surface area contributed by atoms with Crippen molar-refractivity contribution in [2.75, 3.05) is 4.90 Å². The van der Waals surface area contributed by atoms with Gasteiger partial charge in [-0.25, -0.2) is 4.39 Å². The van der Waals surface area contributed by atoms with E-state index in [4.69, 9.17) is 8.85 Å². The number of halogens is 1. The lowest BCUT2D eigenvalue weighted by Gasteiger charge is -2.50. The number of anilines is 1. The fraction of sp³-hybridized carbons (Fsp3) is 0.432. The summed E-state index contributed by atoms with van der Waals surface area (Å²) in [6, 6.07) is 24.5. The second kappa shape index (κ2) is 15.5. The minimum atomic E-state index is -4.50. The molecule has 0 spiro atoms. The van der Waals surface area contributed by atoms with Crippen molar-refractivity contribution in [2.45, 2.75) is 117 Å². The number of para-hydroxylation sites is 1. The zero-order valence-corrected chi connectivity index (χ0v) is 37.4. The van der Waals surface area contributed by atoms with Crippen LogP contribution >= 0.6 is 7.60 Å². The Kier molecular flexibility index (Phi) is 12.1. The van der Waals surface area contributed by atoms with E-state index in [0.29, 0.717) is 18.4 Å². The third kappa shape index (κ3) is 8.95. The second-order valence-corrected chi connectivity index (χ2v) is 29.2. The van der Waals surface area contributed by atoms with Crippen molar-refractivity contribution in [1.29, 1.82) is 0 Å². The Labute approximate surface area is 329 Å². The first-order valence-electron chi connectivity index (χ1n) is 19.1. The predicted molar refractivity (Wildman–Crippen MR) is 228 cm³/mol. The number of hydrogen-bond acceptors (Lipinski definition) is 4. The van der Waals surface area contributed by atoms with E-state index in [9.17, 15) is 23.5 Å². The molecule has 0 saturated carbocycles. The van der Waals surface area contributed by atoms with E-state index in [0.717, 1.165) is 39.3 Å². The fourth-order valence-electron chi connectivity index (χ4n) is 6.84. The van der Waals surface area contributed by atoms with Gasteiger partial charge in [-0.05, 0) is 127 Å². The van der Waals surface area contributed by atoms with Crippen LogP contribution in [-0.2, 0) is 13.8 Å². The molecule has 0 aliphatic carbocycles. The molecule has 0 aromatic heterocycles. The maximum absolute atomic E-state index is 14.5. The highest BCUT2D eigenvalue weighted by Crippen LogP contribution is 2.54. The van der Waals surface area contributed by atoms with Crippen molar-refractivity contribution in [2.24, 2.45) is 5.92 Å².